The first-order chi connectivity index (χ1) is 16.9. The minimum Gasteiger partial charge on any atom is -0.444 e. The second kappa shape index (κ2) is 11.7. The Morgan fingerprint density at radius 1 is 0.972 bits per heavy atom. The van der Waals surface area contributed by atoms with Gasteiger partial charge in [-0.15, -0.1) is 0 Å². The Hall–Kier alpha value is -3.11. The zero-order valence-corrected chi connectivity index (χ0v) is 22.2. The Kier molecular flexibility index (Phi) is 8.97. The van der Waals surface area contributed by atoms with E-state index in [4.69, 9.17) is 4.74 Å². The summed E-state index contributed by atoms with van der Waals surface area (Å²) in [6, 6.07) is 14.5. The van der Waals surface area contributed by atoms with E-state index in [0.717, 1.165) is 11.3 Å². The maximum atomic E-state index is 13.0. The third kappa shape index (κ3) is 8.23. The number of piperidine rings is 1. The Morgan fingerprint density at radius 3 is 2.11 bits per heavy atom. The van der Waals surface area contributed by atoms with Gasteiger partial charge in [0.1, 0.15) is 5.60 Å². The fraction of sp³-hybridized carbons (Fsp3) is 0.462. The van der Waals surface area contributed by atoms with Crippen molar-refractivity contribution in [2.24, 2.45) is 0 Å². The minimum absolute atomic E-state index is 0.179. The maximum absolute atomic E-state index is 13.0. The lowest BCUT2D eigenvalue weighted by Crippen LogP contribution is -2.42. The van der Waals surface area contributed by atoms with Gasteiger partial charge in [-0.2, -0.15) is 4.31 Å². The van der Waals surface area contributed by atoms with Crippen LogP contribution >= 0.6 is 0 Å². The third-order valence-electron chi connectivity index (χ3n) is 5.67. The number of hydrogen-bond acceptors (Lipinski definition) is 6. The molecule has 10 heteroatoms. The maximum Gasteiger partial charge on any atom is 0.407 e. The molecule has 3 N–H and O–H groups in total. The molecule has 0 unspecified atom stereocenters. The highest BCUT2D eigenvalue weighted by Gasteiger charge is 2.29. The number of nitrogens with one attached hydrogen (secondary N) is 3. The van der Waals surface area contributed by atoms with Crippen LogP contribution in [0.4, 0.5) is 16.2 Å². The van der Waals surface area contributed by atoms with Crippen LogP contribution in [0.25, 0.3) is 0 Å². The zero-order valence-electron chi connectivity index (χ0n) is 21.3. The van der Waals surface area contributed by atoms with Crippen molar-refractivity contribution in [3.63, 3.8) is 0 Å². The van der Waals surface area contributed by atoms with Gasteiger partial charge in [0.25, 0.3) is 0 Å². The normalized spacial score (nSPS) is 15.2. The molecule has 196 valence electrons. The number of anilines is 2. The van der Waals surface area contributed by atoms with Gasteiger partial charge in [-0.05, 0) is 82.0 Å². The summed E-state index contributed by atoms with van der Waals surface area (Å²) in [6.45, 7) is 8.25. The first-order valence-corrected chi connectivity index (χ1v) is 13.6. The molecule has 1 fully saturated rings. The lowest BCUT2D eigenvalue weighted by Gasteiger charge is -2.32. The predicted octanol–water partition coefficient (Wildman–Crippen LogP) is 3.98. The molecule has 1 aliphatic rings. The van der Waals surface area contributed by atoms with Crippen molar-refractivity contribution in [1.29, 1.82) is 0 Å². The lowest BCUT2D eigenvalue weighted by molar-refractivity contribution is -0.114. The van der Waals surface area contributed by atoms with Gasteiger partial charge >= 0.3 is 6.09 Å². The van der Waals surface area contributed by atoms with Gasteiger partial charge in [0.05, 0.1) is 4.90 Å². The Balaban J connectivity index is 1.45. The van der Waals surface area contributed by atoms with Crippen LogP contribution in [0.15, 0.2) is 53.4 Å². The van der Waals surface area contributed by atoms with E-state index in [1.807, 2.05) is 45.0 Å². The molecule has 0 aliphatic carbocycles. The second-order valence-electron chi connectivity index (χ2n) is 9.90. The van der Waals surface area contributed by atoms with E-state index < -0.39 is 21.7 Å². The zero-order chi connectivity index (χ0) is 26.3. The first-order valence-electron chi connectivity index (χ1n) is 12.1. The van der Waals surface area contributed by atoms with E-state index in [0.29, 0.717) is 44.6 Å². The van der Waals surface area contributed by atoms with Gasteiger partial charge in [0.15, 0.2) is 0 Å². The van der Waals surface area contributed by atoms with Crippen LogP contribution in [0.1, 0.15) is 46.1 Å². The average Bonchev–Trinajstić information content (AvgIpc) is 2.79. The monoisotopic (exact) mass is 516 g/mol. The van der Waals surface area contributed by atoms with Crippen molar-refractivity contribution in [2.75, 3.05) is 30.3 Å². The fourth-order valence-corrected chi connectivity index (χ4v) is 5.40. The second-order valence-corrected chi connectivity index (χ2v) is 11.8. The molecular weight excluding hydrogens is 480 g/mol. The Morgan fingerprint density at radius 2 is 1.56 bits per heavy atom. The van der Waals surface area contributed by atoms with E-state index in [1.54, 1.807) is 12.1 Å². The largest absolute Gasteiger partial charge is 0.444 e. The molecule has 0 bridgehead atoms. The molecule has 1 heterocycles. The van der Waals surface area contributed by atoms with Gasteiger partial charge < -0.3 is 20.7 Å². The molecule has 2 aromatic carbocycles. The average molecular weight is 517 g/mol. The highest BCUT2D eigenvalue weighted by molar-refractivity contribution is 7.89. The van der Waals surface area contributed by atoms with Gasteiger partial charge in [0, 0.05) is 44.0 Å². The number of alkyl carbamates (subject to hydrolysis) is 1. The van der Waals surface area contributed by atoms with Crippen LogP contribution in [0.2, 0.25) is 0 Å². The summed E-state index contributed by atoms with van der Waals surface area (Å²) in [5, 5.41) is 8.89. The summed E-state index contributed by atoms with van der Waals surface area (Å²) in [4.78, 5) is 23.1. The highest BCUT2D eigenvalue weighted by Crippen LogP contribution is 2.24. The third-order valence-corrected chi connectivity index (χ3v) is 7.59. The standard InChI is InChI=1S/C26H36N4O5S/c1-19(31)28-21-9-11-24(12-10-21)36(33,34)30-17-14-23(15-18-30)29-22-7-5-20(6-8-22)13-16-27-25(32)35-26(2,3)4/h5-12,23,29H,13-18H2,1-4H3,(H,27,32)(H,28,31). The fourth-order valence-electron chi connectivity index (χ4n) is 3.93. The summed E-state index contributed by atoms with van der Waals surface area (Å²) < 4.78 is 32.8. The van der Waals surface area contributed by atoms with Crippen LogP contribution in [0.5, 0.6) is 0 Å². The molecule has 0 radical (unpaired) electrons. The SMILES string of the molecule is CC(=O)Nc1ccc(S(=O)(=O)N2CCC(Nc3ccc(CCNC(=O)OC(C)(C)C)cc3)CC2)cc1. The van der Waals surface area contributed by atoms with Gasteiger partial charge in [0.2, 0.25) is 15.9 Å². The lowest BCUT2D eigenvalue weighted by atomic mass is 10.1. The Labute approximate surface area is 213 Å². The van der Waals surface area contributed by atoms with Crippen LogP contribution < -0.4 is 16.0 Å². The van der Waals surface area contributed by atoms with E-state index >= 15 is 0 Å². The number of amides is 2. The number of ether oxygens (including phenoxy) is 1. The molecule has 1 aliphatic heterocycles. The summed E-state index contributed by atoms with van der Waals surface area (Å²) >= 11 is 0. The molecule has 0 aromatic heterocycles. The van der Waals surface area contributed by atoms with Crippen molar-refractivity contribution >= 4 is 33.4 Å². The topological polar surface area (TPSA) is 117 Å². The number of sulfonamides is 1. The van der Waals surface area contributed by atoms with Crippen molar-refractivity contribution in [2.45, 2.75) is 63.5 Å². The number of nitrogens with zero attached hydrogens (tertiary/aromatic N) is 1. The van der Waals surface area contributed by atoms with Crippen molar-refractivity contribution in [1.82, 2.24) is 9.62 Å². The van der Waals surface area contributed by atoms with E-state index in [-0.39, 0.29) is 16.8 Å². The molecular formula is C26H36N4O5S. The molecule has 3 rings (SSSR count). The predicted molar refractivity (Wildman–Crippen MR) is 141 cm³/mol. The quantitative estimate of drug-likeness (QED) is 0.489. The van der Waals surface area contributed by atoms with E-state index in [9.17, 15) is 18.0 Å². The van der Waals surface area contributed by atoms with Crippen LogP contribution in [0, 0.1) is 0 Å². The molecule has 0 spiro atoms. The van der Waals surface area contributed by atoms with Crippen LogP contribution in [-0.2, 0) is 26.0 Å². The van der Waals surface area contributed by atoms with E-state index in [2.05, 4.69) is 16.0 Å². The number of rotatable bonds is 8. The number of benzene rings is 2. The van der Waals surface area contributed by atoms with Crippen LogP contribution in [-0.4, -0.2) is 56.0 Å². The van der Waals surface area contributed by atoms with Crippen molar-refractivity contribution < 1.29 is 22.7 Å². The van der Waals surface area contributed by atoms with Crippen molar-refractivity contribution in [3.8, 4) is 0 Å². The molecule has 0 atom stereocenters. The highest BCUT2D eigenvalue weighted by atomic mass is 32.2. The van der Waals surface area contributed by atoms with Gasteiger partial charge in [-0.3, -0.25) is 4.79 Å². The Bertz CT molecular complexity index is 1130. The molecule has 2 amide bonds. The smallest absolute Gasteiger partial charge is 0.407 e. The molecule has 1 saturated heterocycles. The summed E-state index contributed by atoms with van der Waals surface area (Å²) in [5.74, 6) is -0.204. The van der Waals surface area contributed by atoms with Gasteiger partial charge in [-0.1, -0.05) is 12.1 Å². The molecule has 2 aromatic rings. The van der Waals surface area contributed by atoms with Gasteiger partial charge in [-0.25, -0.2) is 13.2 Å². The van der Waals surface area contributed by atoms with Crippen LogP contribution in [0.3, 0.4) is 0 Å². The first kappa shape index (κ1) is 27.5. The summed E-state index contributed by atoms with van der Waals surface area (Å²) in [5.41, 5.74) is 2.13. The van der Waals surface area contributed by atoms with Crippen molar-refractivity contribution in [3.05, 3.63) is 54.1 Å². The molecule has 36 heavy (non-hydrogen) atoms. The molecule has 9 nitrogen and oxygen atoms in total. The summed E-state index contributed by atoms with van der Waals surface area (Å²) in [6.07, 6.45) is 1.67. The molecule has 0 saturated carbocycles. The number of hydrogen-bond donors (Lipinski definition) is 3. The minimum atomic E-state index is -3.58. The summed E-state index contributed by atoms with van der Waals surface area (Å²) in [7, 11) is -3.58. The van der Waals surface area contributed by atoms with E-state index in [1.165, 1.54) is 23.4 Å². The number of carbonyl (C=O) groups is 2. The number of carbonyl (C=O) groups excluding carboxylic acids is 2.